The van der Waals surface area contributed by atoms with Gasteiger partial charge in [-0.3, -0.25) is 0 Å². The van der Waals surface area contributed by atoms with Gasteiger partial charge in [-0.25, -0.2) is 13.2 Å². The lowest BCUT2D eigenvalue weighted by molar-refractivity contribution is 0.508. The Kier molecular flexibility index (Phi) is 4.12. The lowest BCUT2D eigenvalue weighted by Crippen LogP contribution is -2.03. The highest BCUT2D eigenvalue weighted by Gasteiger charge is 2.08. The highest BCUT2D eigenvalue weighted by molar-refractivity contribution is 6.11. The van der Waals surface area contributed by atoms with Gasteiger partial charge < -0.3 is 11.1 Å². The Bertz CT molecular complexity index is 737. The molecule has 0 saturated carbocycles. The van der Waals surface area contributed by atoms with Gasteiger partial charge in [0.1, 0.15) is 5.82 Å². The molecule has 0 amide bonds. The van der Waals surface area contributed by atoms with Crippen molar-refractivity contribution < 1.29 is 13.2 Å². The monoisotopic (exact) mass is 290 g/mol. The van der Waals surface area contributed by atoms with Gasteiger partial charge in [0.25, 0.3) is 0 Å². The van der Waals surface area contributed by atoms with Crippen LogP contribution in [0.15, 0.2) is 36.4 Å². The molecule has 2 aromatic carbocycles. The Hall–Kier alpha value is -2.56. The zero-order chi connectivity index (χ0) is 15.6. The van der Waals surface area contributed by atoms with Crippen LogP contribution in [0.25, 0.3) is 6.08 Å². The lowest BCUT2D eigenvalue weighted by atomic mass is 10.0. The number of allylic oxidation sites excluding steroid dienone is 1. The van der Waals surface area contributed by atoms with Crippen molar-refractivity contribution in [3.63, 3.8) is 0 Å². The summed E-state index contributed by atoms with van der Waals surface area (Å²) in [4.78, 5) is 0. The van der Waals surface area contributed by atoms with Crippen LogP contribution in [0.1, 0.15) is 16.7 Å². The Labute approximate surface area is 120 Å². The number of hydrogen-bond acceptors (Lipinski definition) is 2. The number of nitrogens with two attached hydrogens (primary N) is 1. The van der Waals surface area contributed by atoms with Crippen LogP contribution in [0.4, 0.5) is 18.9 Å². The van der Waals surface area contributed by atoms with E-state index in [1.165, 1.54) is 24.3 Å². The van der Waals surface area contributed by atoms with Gasteiger partial charge in [0, 0.05) is 11.3 Å². The third kappa shape index (κ3) is 3.31. The number of rotatable bonds is 3. The van der Waals surface area contributed by atoms with Gasteiger partial charge in [-0.2, -0.15) is 0 Å². The molecule has 2 nitrogen and oxygen atoms in total. The first-order valence-electron chi connectivity index (χ1n) is 6.16. The van der Waals surface area contributed by atoms with E-state index in [1.54, 1.807) is 6.92 Å². The molecule has 0 heterocycles. The molecular formula is C16H13F3N2. The minimum absolute atomic E-state index is 0.0559. The zero-order valence-corrected chi connectivity index (χ0v) is 11.3. The van der Waals surface area contributed by atoms with E-state index < -0.39 is 17.5 Å². The number of halogens is 3. The van der Waals surface area contributed by atoms with Gasteiger partial charge in [-0.15, -0.1) is 0 Å². The molecule has 0 aliphatic carbocycles. The number of hydrogen-bond donors (Lipinski definition) is 2. The van der Waals surface area contributed by atoms with E-state index in [0.29, 0.717) is 16.7 Å². The first kappa shape index (κ1) is 14.8. The summed E-state index contributed by atoms with van der Waals surface area (Å²) in [6, 6.07) is 6.06. The van der Waals surface area contributed by atoms with Crippen molar-refractivity contribution in [1.82, 2.24) is 0 Å². The van der Waals surface area contributed by atoms with Crippen molar-refractivity contribution in [2.24, 2.45) is 0 Å². The van der Waals surface area contributed by atoms with Gasteiger partial charge >= 0.3 is 0 Å². The van der Waals surface area contributed by atoms with Crippen molar-refractivity contribution in [3.8, 4) is 0 Å². The number of nitrogens with one attached hydrogen (secondary N) is 1. The molecule has 21 heavy (non-hydrogen) atoms. The van der Waals surface area contributed by atoms with Crippen LogP contribution in [0, 0.1) is 29.8 Å². The average molecular weight is 290 g/mol. The van der Waals surface area contributed by atoms with E-state index in [4.69, 9.17) is 11.1 Å². The second-order valence-electron chi connectivity index (χ2n) is 4.61. The maximum absolute atomic E-state index is 13.3. The minimum Gasteiger partial charge on any atom is -0.398 e. The summed E-state index contributed by atoms with van der Waals surface area (Å²) in [5.41, 5.74) is 7.06. The molecule has 5 heteroatoms. The molecule has 0 aliphatic rings. The molecule has 108 valence electrons. The average Bonchev–Trinajstić information content (AvgIpc) is 2.44. The molecule has 0 bridgehead atoms. The van der Waals surface area contributed by atoms with Crippen molar-refractivity contribution in [1.29, 1.82) is 5.41 Å². The van der Waals surface area contributed by atoms with Crippen molar-refractivity contribution in [2.75, 3.05) is 5.73 Å². The van der Waals surface area contributed by atoms with Crippen LogP contribution in [0.3, 0.4) is 0 Å². The van der Waals surface area contributed by atoms with Crippen LogP contribution < -0.4 is 5.73 Å². The molecule has 0 fully saturated rings. The van der Waals surface area contributed by atoms with Crippen LogP contribution in [-0.4, -0.2) is 5.71 Å². The lowest BCUT2D eigenvalue weighted by Gasteiger charge is -2.06. The minimum atomic E-state index is -0.958. The summed E-state index contributed by atoms with van der Waals surface area (Å²) < 4.78 is 39.2. The normalized spacial score (nSPS) is 11.0. The summed E-state index contributed by atoms with van der Waals surface area (Å²) in [7, 11) is 0. The SMILES string of the molecule is Cc1cc(C(=N)/C=C/c2ccc(F)c(F)c2)c(N)cc1F. The summed E-state index contributed by atoms with van der Waals surface area (Å²) in [6.45, 7) is 1.57. The summed E-state index contributed by atoms with van der Waals surface area (Å²) >= 11 is 0. The molecule has 0 atom stereocenters. The highest BCUT2D eigenvalue weighted by Crippen LogP contribution is 2.19. The van der Waals surface area contributed by atoms with E-state index in [9.17, 15) is 13.2 Å². The van der Waals surface area contributed by atoms with Crippen molar-refractivity contribution in [2.45, 2.75) is 6.92 Å². The van der Waals surface area contributed by atoms with Crippen LogP contribution in [-0.2, 0) is 0 Å². The number of anilines is 1. The summed E-state index contributed by atoms with van der Waals surface area (Å²) in [6.07, 6.45) is 2.86. The molecule has 0 aromatic heterocycles. The Morgan fingerprint density at radius 3 is 2.43 bits per heavy atom. The summed E-state index contributed by atoms with van der Waals surface area (Å²) in [5.74, 6) is -2.32. The fourth-order valence-electron chi connectivity index (χ4n) is 1.82. The van der Waals surface area contributed by atoms with E-state index in [0.717, 1.165) is 18.2 Å². The number of aryl methyl sites for hydroxylation is 1. The maximum atomic E-state index is 13.3. The van der Waals surface area contributed by atoms with E-state index in [-0.39, 0.29) is 11.4 Å². The quantitative estimate of drug-likeness (QED) is 0.649. The smallest absolute Gasteiger partial charge is 0.159 e. The van der Waals surface area contributed by atoms with Gasteiger partial charge in [0.15, 0.2) is 11.6 Å². The molecule has 2 aromatic rings. The molecule has 0 unspecified atom stereocenters. The highest BCUT2D eigenvalue weighted by atomic mass is 19.2. The Balaban J connectivity index is 2.27. The predicted molar refractivity (Wildman–Crippen MR) is 77.8 cm³/mol. The van der Waals surface area contributed by atoms with Crippen LogP contribution in [0.5, 0.6) is 0 Å². The molecule has 0 saturated heterocycles. The summed E-state index contributed by atoms with van der Waals surface area (Å²) in [5, 5.41) is 7.93. The Morgan fingerprint density at radius 2 is 1.76 bits per heavy atom. The second-order valence-corrected chi connectivity index (χ2v) is 4.61. The van der Waals surface area contributed by atoms with Gasteiger partial charge in [0.2, 0.25) is 0 Å². The number of benzene rings is 2. The fraction of sp³-hybridized carbons (Fsp3) is 0.0625. The molecule has 0 aliphatic heterocycles. The molecule has 0 radical (unpaired) electrons. The number of nitrogen functional groups attached to an aromatic ring is 1. The van der Waals surface area contributed by atoms with E-state index in [1.807, 2.05) is 0 Å². The van der Waals surface area contributed by atoms with Gasteiger partial charge in [-0.05, 0) is 48.4 Å². The first-order valence-corrected chi connectivity index (χ1v) is 6.16. The van der Waals surface area contributed by atoms with Crippen LogP contribution in [0.2, 0.25) is 0 Å². The van der Waals surface area contributed by atoms with Crippen molar-refractivity contribution in [3.05, 3.63) is 70.5 Å². The topological polar surface area (TPSA) is 49.9 Å². The molecule has 3 N–H and O–H groups in total. The maximum Gasteiger partial charge on any atom is 0.159 e. The first-order chi connectivity index (χ1) is 9.88. The Morgan fingerprint density at radius 1 is 1.05 bits per heavy atom. The third-order valence-corrected chi connectivity index (χ3v) is 3.01. The molecule has 2 rings (SSSR count). The van der Waals surface area contributed by atoms with E-state index in [2.05, 4.69) is 0 Å². The predicted octanol–water partition coefficient (Wildman–Crippen LogP) is 4.08. The standard InChI is InChI=1S/C16H13F3N2/c1-9-6-11(16(21)8-13(9)18)15(20)5-3-10-2-4-12(17)14(19)7-10/h2-8,20H,21H2,1H3/b5-3+,20-15?. The largest absolute Gasteiger partial charge is 0.398 e. The van der Waals surface area contributed by atoms with Crippen LogP contribution >= 0.6 is 0 Å². The van der Waals surface area contributed by atoms with E-state index >= 15 is 0 Å². The second kappa shape index (κ2) is 5.83. The molecule has 0 spiro atoms. The van der Waals surface area contributed by atoms with Gasteiger partial charge in [-0.1, -0.05) is 12.1 Å². The fourth-order valence-corrected chi connectivity index (χ4v) is 1.82. The van der Waals surface area contributed by atoms with Crippen molar-refractivity contribution >= 4 is 17.5 Å². The molecular weight excluding hydrogens is 277 g/mol. The zero-order valence-electron chi connectivity index (χ0n) is 11.3. The van der Waals surface area contributed by atoms with Gasteiger partial charge in [0.05, 0.1) is 5.71 Å². The third-order valence-electron chi connectivity index (χ3n) is 3.01.